The Bertz CT molecular complexity index is 811. The van der Waals surface area contributed by atoms with Gasteiger partial charge in [0.15, 0.2) is 12.0 Å². The highest BCUT2D eigenvalue weighted by atomic mass is 35.5. The Kier molecular flexibility index (Phi) is 6.68. The number of hydrogen-bond donors (Lipinski definition) is 0. The maximum atomic E-state index is 6.05. The molecule has 1 aromatic rings. The minimum atomic E-state index is 0.801. The fourth-order valence-electron chi connectivity index (χ4n) is 3.43. The highest BCUT2D eigenvalue weighted by Crippen LogP contribution is 2.26. The Morgan fingerprint density at radius 3 is 2.68 bits per heavy atom. The lowest BCUT2D eigenvalue weighted by Crippen LogP contribution is -2.46. The summed E-state index contributed by atoms with van der Waals surface area (Å²) in [4.78, 5) is 5.98. The Hall–Kier alpha value is -1.82. The van der Waals surface area contributed by atoms with Crippen LogP contribution in [0.15, 0.2) is 77.1 Å². The van der Waals surface area contributed by atoms with Crippen molar-refractivity contribution in [1.82, 2.24) is 9.80 Å². The summed E-state index contributed by atoms with van der Waals surface area (Å²) < 4.78 is 11.7. The molecular formula is C22H25ClN2O2S. The maximum absolute atomic E-state index is 6.05. The Morgan fingerprint density at radius 2 is 1.96 bits per heavy atom. The number of benzene rings is 1. The predicted molar refractivity (Wildman–Crippen MR) is 115 cm³/mol. The highest BCUT2D eigenvalue weighted by Gasteiger charge is 2.22. The summed E-state index contributed by atoms with van der Waals surface area (Å²) in [6, 6.07) is 8.06. The second-order valence-electron chi connectivity index (χ2n) is 6.97. The van der Waals surface area contributed by atoms with Crippen LogP contribution in [0, 0.1) is 0 Å². The van der Waals surface area contributed by atoms with Gasteiger partial charge >= 0.3 is 0 Å². The summed E-state index contributed by atoms with van der Waals surface area (Å²) in [5, 5.41) is 0.801. The van der Waals surface area contributed by atoms with Gasteiger partial charge in [-0.15, -0.1) is 11.8 Å². The molecule has 0 amide bonds. The maximum Gasteiger partial charge on any atom is 0.231 e. The van der Waals surface area contributed by atoms with Crippen molar-refractivity contribution < 1.29 is 9.47 Å². The van der Waals surface area contributed by atoms with E-state index in [1.807, 2.05) is 30.0 Å². The lowest BCUT2D eigenvalue weighted by Gasteiger charge is -2.36. The lowest BCUT2D eigenvalue weighted by atomic mass is 10.0. The van der Waals surface area contributed by atoms with Gasteiger partial charge < -0.3 is 14.4 Å². The zero-order valence-electron chi connectivity index (χ0n) is 15.9. The molecule has 0 saturated carbocycles. The van der Waals surface area contributed by atoms with Gasteiger partial charge in [-0.2, -0.15) is 0 Å². The number of halogens is 1. The van der Waals surface area contributed by atoms with Crippen LogP contribution in [0.2, 0.25) is 5.02 Å². The molecule has 0 spiro atoms. The molecule has 1 saturated heterocycles. The normalized spacial score (nSPS) is 20.0. The van der Waals surface area contributed by atoms with E-state index in [1.54, 1.807) is 12.5 Å². The van der Waals surface area contributed by atoms with E-state index < -0.39 is 0 Å². The van der Waals surface area contributed by atoms with E-state index in [0.29, 0.717) is 0 Å². The summed E-state index contributed by atoms with van der Waals surface area (Å²) in [6.45, 7) is 5.04. The molecule has 0 bridgehead atoms. The molecule has 2 heterocycles. The third-order valence-electron chi connectivity index (χ3n) is 5.06. The van der Waals surface area contributed by atoms with Crippen LogP contribution in [0.4, 0.5) is 0 Å². The van der Waals surface area contributed by atoms with E-state index in [4.69, 9.17) is 21.1 Å². The number of allylic oxidation sites excluding steroid dienone is 4. The van der Waals surface area contributed by atoms with E-state index in [0.717, 1.165) is 68.0 Å². The first-order valence-electron chi connectivity index (χ1n) is 9.73. The van der Waals surface area contributed by atoms with Gasteiger partial charge in [-0.05, 0) is 36.6 Å². The lowest BCUT2D eigenvalue weighted by molar-refractivity contribution is 0.0872. The van der Waals surface area contributed by atoms with Crippen molar-refractivity contribution in [2.75, 3.05) is 38.5 Å². The number of thioether (sulfide) groups is 1. The largest absolute Gasteiger partial charge is 0.456 e. The molecular weight excluding hydrogens is 392 g/mol. The molecule has 3 aliphatic rings. The molecule has 148 valence electrons. The molecule has 28 heavy (non-hydrogen) atoms. The molecule has 0 unspecified atom stereocenters. The first kappa shape index (κ1) is 19.5. The number of piperazine rings is 1. The molecule has 0 atom stereocenters. The molecule has 1 aromatic carbocycles. The zero-order chi connectivity index (χ0) is 19.2. The predicted octanol–water partition coefficient (Wildman–Crippen LogP) is 5.01. The van der Waals surface area contributed by atoms with E-state index in [-0.39, 0.29) is 0 Å². The van der Waals surface area contributed by atoms with Crippen molar-refractivity contribution in [1.29, 1.82) is 0 Å². The monoisotopic (exact) mass is 416 g/mol. The van der Waals surface area contributed by atoms with Crippen LogP contribution in [0.1, 0.15) is 12.8 Å². The van der Waals surface area contributed by atoms with Crippen molar-refractivity contribution in [2.24, 2.45) is 0 Å². The van der Waals surface area contributed by atoms with Gasteiger partial charge in [-0.3, -0.25) is 4.90 Å². The summed E-state index contributed by atoms with van der Waals surface area (Å²) in [5.41, 5.74) is 1.19. The van der Waals surface area contributed by atoms with Crippen LogP contribution in [0.5, 0.6) is 0 Å². The summed E-state index contributed by atoms with van der Waals surface area (Å²) in [7, 11) is 0. The SMILES string of the molecule is Clc1cccc(SCCN2CCN(C3=COC(C4=CC=CCC4)=CO3)CC2)c1. The van der Waals surface area contributed by atoms with Gasteiger partial charge in [0, 0.05) is 48.4 Å². The first-order valence-corrected chi connectivity index (χ1v) is 11.1. The van der Waals surface area contributed by atoms with Gasteiger partial charge in [0.25, 0.3) is 0 Å². The molecule has 0 aromatic heterocycles. The average molecular weight is 417 g/mol. The minimum Gasteiger partial charge on any atom is -0.456 e. The zero-order valence-corrected chi connectivity index (χ0v) is 17.4. The minimum absolute atomic E-state index is 0.801. The van der Waals surface area contributed by atoms with Crippen molar-refractivity contribution in [3.63, 3.8) is 0 Å². The second-order valence-corrected chi connectivity index (χ2v) is 8.57. The third-order valence-corrected chi connectivity index (χ3v) is 6.27. The van der Waals surface area contributed by atoms with Crippen molar-refractivity contribution >= 4 is 23.4 Å². The number of rotatable bonds is 6. The van der Waals surface area contributed by atoms with Gasteiger partial charge in [0.2, 0.25) is 5.88 Å². The van der Waals surface area contributed by atoms with E-state index >= 15 is 0 Å². The van der Waals surface area contributed by atoms with Crippen LogP contribution in [-0.2, 0) is 9.47 Å². The van der Waals surface area contributed by atoms with Crippen molar-refractivity contribution in [2.45, 2.75) is 17.7 Å². The van der Waals surface area contributed by atoms with E-state index in [2.05, 4.69) is 34.1 Å². The van der Waals surface area contributed by atoms with Gasteiger partial charge in [0.1, 0.15) is 6.26 Å². The molecule has 6 heteroatoms. The standard InChI is InChI=1S/C22H25ClN2O2S/c23-19-7-4-8-20(15-19)28-14-13-24-9-11-25(12-10-24)22-17-26-21(16-27-22)18-5-2-1-3-6-18/h1-2,4-5,7-8,15-17H,3,6,9-14H2. The number of hydrogen-bond acceptors (Lipinski definition) is 5. The molecule has 4 rings (SSSR count). The smallest absolute Gasteiger partial charge is 0.231 e. The molecule has 1 aliphatic carbocycles. The van der Waals surface area contributed by atoms with Crippen molar-refractivity contribution in [3.05, 3.63) is 77.3 Å². The van der Waals surface area contributed by atoms with Crippen LogP contribution in [0.3, 0.4) is 0 Å². The topological polar surface area (TPSA) is 24.9 Å². The van der Waals surface area contributed by atoms with Crippen LogP contribution in [0.25, 0.3) is 0 Å². The molecule has 0 N–H and O–H groups in total. The fraction of sp³-hybridized carbons (Fsp3) is 0.364. The van der Waals surface area contributed by atoms with Crippen molar-refractivity contribution in [3.8, 4) is 0 Å². The van der Waals surface area contributed by atoms with Gasteiger partial charge in [-0.1, -0.05) is 35.9 Å². The molecule has 0 radical (unpaired) electrons. The van der Waals surface area contributed by atoms with Crippen LogP contribution < -0.4 is 0 Å². The Balaban J connectivity index is 1.19. The Morgan fingerprint density at radius 1 is 1.07 bits per heavy atom. The summed E-state index contributed by atoms with van der Waals surface area (Å²) in [6.07, 6.45) is 11.9. The van der Waals surface area contributed by atoms with Crippen LogP contribution >= 0.6 is 23.4 Å². The molecule has 4 nitrogen and oxygen atoms in total. The third kappa shape index (κ3) is 5.16. The van der Waals surface area contributed by atoms with Gasteiger partial charge in [-0.25, -0.2) is 0 Å². The summed E-state index contributed by atoms with van der Waals surface area (Å²) >= 11 is 7.91. The highest BCUT2D eigenvalue weighted by molar-refractivity contribution is 7.99. The first-order chi connectivity index (χ1) is 13.8. The van der Waals surface area contributed by atoms with E-state index in [9.17, 15) is 0 Å². The fourth-order valence-corrected chi connectivity index (χ4v) is 4.66. The average Bonchev–Trinajstić information content (AvgIpc) is 2.75. The Labute approximate surface area is 176 Å². The molecule has 1 fully saturated rings. The molecule has 2 aliphatic heterocycles. The second kappa shape index (κ2) is 9.59. The number of nitrogens with zero attached hydrogens (tertiary/aromatic N) is 2. The number of ether oxygens (including phenoxy) is 2. The van der Waals surface area contributed by atoms with Crippen LogP contribution in [-0.4, -0.2) is 48.3 Å². The summed E-state index contributed by atoms with van der Waals surface area (Å²) in [5.74, 6) is 2.70. The van der Waals surface area contributed by atoms with E-state index in [1.165, 1.54) is 10.5 Å². The van der Waals surface area contributed by atoms with Gasteiger partial charge in [0.05, 0.1) is 0 Å². The quantitative estimate of drug-likeness (QED) is 0.607.